The highest BCUT2D eigenvalue weighted by molar-refractivity contribution is 7.92. The molecule has 10 heteroatoms. The summed E-state index contributed by atoms with van der Waals surface area (Å²) in [6.07, 6.45) is 1.97. The van der Waals surface area contributed by atoms with Crippen LogP contribution in [-0.4, -0.2) is 44.3 Å². The first-order valence-corrected chi connectivity index (χ1v) is 15.5. The Labute approximate surface area is 247 Å². The molecule has 0 fully saturated rings. The maximum Gasteiger partial charge on any atom is 0.264 e. The minimum Gasteiger partial charge on any atom is -0.354 e. The SMILES string of the molecule is CCCCNC(=O)[C@@H](CC)N(Cc1ccc(F)cc1)C(=O)CN(c1cccc(Cl)c1C)S(=O)(=O)c1ccc(C)cc1. The van der Waals surface area contributed by atoms with E-state index in [9.17, 15) is 22.4 Å². The lowest BCUT2D eigenvalue weighted by Crippen LogP contribution is -2.52. The van der Waals surface area contributed by atoms with Gasteiger partial charge < -0.3 is 10.2 Å². The first-order chi connectivity index (χ1) is 19.5. The molecule has 0 unspecified atom stereocenters. The zero-order chi connectivity index (χ0) is 30.2. The maximum absolute atomic E-state index is 14.1. The van der Waals surface area contributed by atoms with Gasteiger partial charge in [-0.25, -0.2) is 12.8 Å². The van der Waals surface area contributed by atoms with Crippen LogP contribution < -0.4 is 9.62 Å². The van der Waals surface area contributed by atoms with Gasteiger partial charge in [0, 0.05) is 18.1 Å². The number of anilines is 1. The number of sulfonamides is 1. The van der Waals surface area contributed by atoms with Crippen molar-refractivity contribution < 1.29 is 22.4 Å². The van der Waals surface area contributed by atoms with Gasteiger partial charge in [-0.05, 0) is 74.2 Å². The number of nitrogens with one attached hydrogen (secondary N) is 1. The molecule has 3 aromatic carbocycles. The molecule has 0 bridgehead atoms. The molecule has 0 heterocycles. The number of rotatable bonds is 13. The standard InChI is InChI=1S/C31H37ClFN3O4S/c1-5-7-19-34-31(38)28(6-2)35(20-24-13-15-25(33)16-14-24)30(37)21-36(29-10-8-9-27(32)23(29)4)41(39,40)26-17-11-22(3)12-18-26/h8-18,28H,5-7,19-21H2,1-4H3,(H,34,38)/t28-/m1/s1. The van der Waals surface area contributed by atoms with E-state index in [-0.39, 0.29) is 23.0 Å². The maximum atomic E-state index is 14.1. The Morgan fingerprint density at radius 3 is 2.24 bits per heavy atom. The average molecular weight is 602 g/mol. The quantitative estimate of drug-likeness (QED) is 0.243. The fraction of sp³-hybridized carbons (Fsp3) is 0.355. The zero-order valence-corrected chi connectivity index (χ0v) is 25.4. The van der Waals surface area contributed by atoms with Crippen LogP contribution in [0, 0.1) is 19.7 Å². The smallest absolute Gasteiger partial charge is 0.264 e. The van der Waals surface area contributed by atoms with Gasteiger partial charge in [0.1, 0.15) is 18.4 Å². The van der Waals surface area contributed by atoms with Crippen LogP contribution >= 0.6 is 11.6 Å². The van der Waals surface area contributed by atoms with Crippen molar-refractivity contribution in [2.75, 3.05) is 17.4 Å². The summed E-state index contributed by atoms with van der Waals surface area (Å²) < 4.78 is 42.7. The molecule has 3 aromatic rings. The third-order valence-corrected chi connectivity index (χ3v) is 9.06. The van der Waals surface area contributed by atoms with Crippen LogP contribution in [-0.2, 0) is 26.2 Å². The van der Waals surface area contributed by atoms with Crippen molar-refractivity contribution in [3.63, 3.8) is 0 Å². The number of carbonyl (C=O) groups excluding carboxylic acids is 2. The second-order valence-corrected chi connectivity index (χ2v) is 12.2. The van der Waals surface area contributed by atoms with E-state index in [0.717, 1.165) is 22.7 Å². The number of nitrogens with zero attached hydrogens (tertiary/aromatic N) is 2. The van der Waals surface area contributed by atoms with Crippen LogP contribution in [0.4, 0.5) is 10.1 Å². The molecular weight excluding hydrogens is 565 g/mol. The predicted molar refractivity (Wildman–Crippen MR) is 161 cm³/mol. The second-order valence-electron chi connectivity index (χ2n) is 9.93. The highest BCUT2D eigenvalue weighted by atomic mass is 35.5. The Kier molecular flexibility index (Phi) is 11.3. The summed E-state index contributed by atoms with van der Waals surface area (Å²) in [5.74, 6) is -1.34. The molecule has 1 atom stereocenters. The Balaban J connectivity index is 2.07. The summed E-state index contributed by atoms with van der Waals surface area (Å²) >= 11 is 6.37. The molecule has 0 aliphatic carbocycles. The normalized spacial score (nSPS) is 12.0. The van der Waals surface area contributed by atoms with E-state index in [1.54, 1.807) is 56.3 Å². The minimum absolute atomic E-state index is 0.00817. The third kappa shape index (κ3) is 8.07. The van der Waals surface area contributed by atoms with Crippen molar-refractivity contribution in [1.82, 2.24) is 10.2 Å². The summed E-state index contributed by atoms with van der Waals surface area (Å²) in [5, 5.41) is 3.24. The van der Waals surface area contributed by atoms with Crippen molar-refractivity contribution in [3.05, 3.63) is 94.3 Å². The van der Waals surface area contributed by atoms with Crippen LogP contribution in [0.1, 0.15) is 49.8 Å². The van der Waals surface area contributed by atoms with Gasteiger partial charge in [-0.15, -0.1) is 0 Å². The molecule has 1 N–H and O–H groups in total. The molecule has 0 aliphatic heterocycles. The molecule has 220 valence electrons. The fourth-order valence-corrected chi connectivity index (χ4v) is 6.07. The first-order valence-electron chi connectivity index (χ1n) is 13.7. The number of amides is 2. The Morgan fingerprint density at radius 2 is 1.63 bits per heavy atom. The molecule has 0 saturated heterocycles. The minimum atomic E-state index is -4.21. The summed E-state index contributed by atoms with van der Waals surface area (Å²) in [4.78, 5) is 28.7. The van der Waals surface area contributed by atoms with Gasteiger partial charge in [-0.1, -0.05) is 67.8 Å². The first kappa shape index (κ1) is 32.1. The highest BCUT2D eigenvalue weighted by Gasteiger charge is 2.34. The van der Waals surface area contributed by atoms with Crippen molar-refractivity contribution in [2.45, 2.75) is 64.4 Å². The number of benzene rings is 3. The molecular formula is C31H37ClFN3O4S. The summed E-state index contributed by atoms with van der Waals surface area (Å²) in [5.41, 5.74) is 2.24. The van der Waals surface area contributed by atoms with Crippen LogP contribution in [0.15, 0.2) is 71.6 Å². The lowest BCUT2D eigenvalue weighted by Gasteiger charge is -2.33. The Bertz CT molecular complexity index is 1450. The summed E-state index contributed by atoms with van der Waals surface area (Å²) in [6, 6.07) is 16.0. The number of hydrogen-bond donors (Lipinski definition) is 1. The number of aryl methyl sites for hydroxylation is 1. The van der Waals surface area contributed by atoms with Crippen LogP contribution in [0.5, 0.6) is 0 Å². The van der Waals surface area contributed by atoms with Gasteiger partial charge >= 0.3 is 0 Å². The van der Waals surface area contributed by atoms with Gasteiger partial charge in [0.15, 0.2) is 0 Å². The molecule has 0 radical (unpaired) electrons. The Morgan fingerprint density at radius 1 is 0.976 bits per heavy atom. The fourth-order valence-electron chi connectivity index (χ4n) is 4.43. The van der Waals surface area contributed by atoms with Crippen molar-refractivity contribution in [1.29, 1.82) is 0 Å². The molecule has 0 saturated carbocycles. The van der Waals surface area contributed by atoms with Gasteiger partial charge in [-0.2, -0.15) is 0 Å². The van der Waals surface area contributed by atoms with E-state index < -0.39 is 34.3 Å². The molecule has 7 nitrogen and oxygen atoms in total. The lowest BCUT2D eigenvalue weighted by molar-refractivity contribution is -0.140. The second kappa shape index (κ2) is 14.5. The van der Waals surface area contributed by atoms with E-state index >= 15 is 0 Å². The van der Waals surface area contributed by atoms with Gasteiger partial charge in [0.25, 0.3) is 10.0 Å². The van der Waals surface area contributed by atoms with E-state index in [2.05, 4.69) is 5.32 Å². The number of halogens is 2. The molecule has 3 rings (SSSR count). The summed E-state index contributed by atoms with van der Waals surface area (Å²) in [6.45, 7) is 7.21. The van der Waals surface area contributed by atoms with Crippen LogP contribution in [0.3, 0.4) is 0 Å². The van der Waals surface area contributed by atoms with Crippen molar-refractivity contribution in [3.8, 4) is 0 Å². The Hall–Kier alpha value is -3.43. The molecule has 0 spiro atoms. The third-order valence-electron chi connectivity index (χ3n) is 6.88. The molecule has 0 aliphatic rings. The average Bonchev–Trinajstić information content (AvgIpc) is 2.94. The van der Waals surface area contributed by atoms with Crippen LogP contribution in [0.25, 0.3) is 0 Å². The molecule has 2 amide bonds. The van der Waals surface area contributed by atoms with Crippen molar-refractivity contribution >= 4 is 39.1 Å². The molecule has 41 heavy (non-hydrogen) atoms. The van der Waals surface area contributed by atoms with Crippen LogP contribution in [0.2, 0.25) is 5.02 Å². The predicted octanol–water partition coefficient (Wildman–Crippen LogP) is 6.01. The van der Waals surface area contributed by atoms with Gasteiger partial charge in [0.2, 0.25) is 11.8 Å². The molecule has 0 aromatic heterocycles. The van der Waals surface area contributed by atoms with E-state index in [4.69, 9.17) is 11.6 Å². The number of unbranched alkanes of at least 4 members (excludes halogenated alkanes) is 1. The van der Waals surface area contributed by atoms with E-state index in [1.165, 1.54) is 29.2 Å². The monoisotopic (exact) mass is 601 g/mol. The van der Waals surface area contributed by atoms with E-state index in [1.807, 2.05) is 13.8 Å². The van der Waals surface area contributed by atoms with Crippen molar-refractivity contribution in [2.24, 2.45) is 0 Å². The largest absolute Gasteiger partial charge is 0.354 e. The van der Waals surface area contributed by atoms with E-state index in [0.29, 0.717) is 29.1 Å². The highest BCUT2D eigenvalue weighted by Crippen LogP contribution is 2.31. The lowest BCUT2D eigenvalue weighted by atomic mass is 10.1. The number of hydrogen-bond acceptors (Lipinski definition) is 4. The topological polar surface area (TPSA) is 86.8 Å². The number of carbonyl (C=O) groups is 2. The summed E-state index contributed by atoms with van der Waals surface area (Å²) in [7, 11) is -4.21. The van der Waals surface area contributed by atoms with Gasteiger partial charge in [0.05, 0.1) is 10.6 Å². The zero-order valence-electron chi connectivity index (χ0n) is 23.9. The van der Waals surface area contributed by atoms with Gasteiger partial charge in [-0.3, -0.25) is 13.9 Å².